The average molecular weight is 221 g/mol. The zero-order valence-electron chi connectivity index (χ0n) is 5.94. The number of hydrogen-bond donors (Lipinski definition) is 2. The minimum atomic E-state index is -0.866. The summed E-state index contributed by atoms with van der Waals surface area (Å²) in [6, 6.07) is 0. The second kappa shape index (κ2) is 4.12. The first-order valence-electron chi connectivity index (χ1n) is 2.94. The minimum absolute atomic E-state index is 0. The molecule has 0 saturated heterocycles. The Morgan fingerprint density at radius 2 is 2.45 bits per heavy atom. The van der Waals surface area contributed by atoms with Crippen LogP contribution in [0.3, 0.4) is 0 Å². The Kier molecular flexibility index (Phi) is 3.81. The number of aliphatic carboxylic acids is 1. The number of nitrogens with zero attached hydrogens (tertiary/aromatic N) is 1. The van der Waals surface area contributed by atoms with Crippen LogP contribution in [0.1, 0.15) is 18.7 Å². The molecule has 1 rings (SSSR count). The van der Waals surface area contributed by atoms with E-state index in [9.17, 15) is 4.79 Å². The van der Waals surface area contributed by atoms with Gasteiger partial charge in [0.05, 0.1) is 0 Å². The molecule has 1 aromatic heterocycles. The Hall–Kier alpha value is -0.840. The minimum Gasteiger partial charge on any atom is -0.481 e. The quantitative estimate of drug-likeness (QED) is 0.787. The summed E-state index contributed by atoms with van der Waals surface area (Å²) >= 11 is 0. The zero-order valence-corrected chi connectivity index (χ0v) is 7.66. The molecule has 0 aliphatic rings. The van der Waals surface area contributed by atoms with Crippen LogP contribution < -0.4 is 0 Å². The number of H-pyrrole nitrogens is 1. The van der Waals surface area contributed by atoms with Gasteiger partial charge in [0.2, 0.25) is 0 Å². The number of carbonyl (C=O) groups is 1. The molecule has 1 heterocycles. The fourth-order valence-electron chi connectivity index (χ4n) is 0.631. The van der Waals surface area contributed by atoms with Gasteiger partial charge in [-0.1, -0.05) is 0 Å². The van der Waals surface area contributed by atoms with Crippen molar-refractivity contribution in [1.82, 2.24) is 9.97 Å². The second-order valence-corrected chi connectivity index (χ2v) is 2.03. The van der Waals surface area contributed by atoms with Crippen LogP contribution in [-0.2, 0) is 4.79 Å². The van der Waals surface area contributed by atoms with Gasteiger partial charge in [-0.25, -0.2) is 4.98 Å². The summed E-state index contributed by atoms with van der Waals surface area (Å²) in [6.07, 6.45) is 3.14. The van der Waals surface area contributed by atoms with E-state index in [1.54, 1.807) is 13.1 Å². The van der Waals surface area contributed by atoms with Crippen LogP contribution in [-0.4, -0.2) is 21.0 Å². The number of rotatable bonds is 2. The Balaban J connectivity index is 0.000001000. The Bertz CT molecular complexity index is 222. The molecule has 1 unspecified atom stereocenters. The number of hydrogen-bond acceptors (Lipinski definition) is 2. The van der Waals surface area contributed by atoms with Gasteiger partial charge in [-0.15, -0.1) is 17.0 Å². The van der Waals surface area contributed by atoms with Gasteiger partial charge < -0.3 is 10.1 Å². The van der Waals surface area contributed by atoms with Gasteiger partial charge in [0, 0.05) is 12.4 Å². The molecule has 1 atom stereocenters. The number of halogens is 1. The molecule has 0 amide bonds. The fourth-order valence-corrected chi connectivity index (χ4v) is 0.631. The highest BCUT2D eigenvalue weighted by Gasteiger charge is 2.14. The average Bonchev–Trinajstić information content (AvgIpc) is 2.36. The van der Waals surface area contributed by atoms with Crippen molar-refractivity contribution in [3.63, 3.8) is 0 Å². The van der Waals surface area contributed by atoms with Gasteiger partial charge in [0.15, 0.2) is 0 Å². The molecule has 11 heavy (non-hydrogen) atoms. The van der Waals surface area contributed by atoms with Crippen molar-refractivity contribution in [3.8, 4) is 0 Å². The normalized spacial score (nSPS) is 11.7. The maximum atomic E-state index is 10.3. The lowest BCUT2D eigenvalue weighted by Crippen LogP contribution is -2.08. The highest BCUT2D eigenvalue weighted by atomic mass is 79.9. The van der Waals surface area contributed by atoms with Crippen molar-refractivity contribution in [2.75, 3.05) is 0 Å². The Labute approximate surface area is 74.4 Å². The van der Waals surface area contributed by atoms with Gasteiger partial charge in [0.25, 0.3) is 0 Å². The van der Waals surface area contributed by atoms with E-state index < -0.39 is 11.9 Å². The van der Waals surface area contributed by atoms with Crippen molar-refractivity contribution in [3.05, 3.63) is 18.2 Å². The Morgan fingerprint density at radius 3 is 2.82 bits per heavy atom. The summed E-state index contributed by atoms with van der Waals surface area (Å²) < 4.78 is 0. The predicted molar refractivity (Wildman–Crippen MR) is 45.0 cm³/mol. The molecule has 0 fully saturated rings. The molecule has 4 nitrogen and oxygen atoms in total. The molecule has 0 radical (unpaired) electrons. The van der Waals surface area contributed by atoms with E-state index in [0.29, 0.717) is 5.82 Å². The molecule has 0 aliphatic heterocycles. The van der Waals surface area contributed by atoms with E-state index in [1.165, 1.54) is 6.20 Å². The lowest BCUT2D eigenvalue weighted by molar-refractivity contribution is -0.138. The zero-order chi connectivity index (χ0) is 7.56. The van der Waals surface area contributed by atoms with E-state index in [2.05, 4.69) is 9.97 Å². The fraction of sp³-hybridized carbons (Fsp3) is 0.333. The van der Waals surface area contributed by atoms with Gasteiger partial charge in [-0.05, 0) is 6.92 Å². The molecule has 0 saturated carbocycles. The van der Waals surface area contributed by atoms with Gasteiger partial charge in [-0.2, -0.15) is 0 Å². The van der Waals surface area contributed by atoms with Gasteiger partial charge >= 0.3 is 5.97 Å². The number of carboxylic acid groups (broad SMARTS) is 1. The van der Waals surface area contributed by atoms with Crippen molar-refractivity contribution in [2.45, 2.75) is 12.8 Å². The first-order valence-corrected chi connectivity index (χ1v) is 2.94. The number of aromatic amines is 1. The molecule has 0 bridgehead atoms. The molecule has 0 aliphatic carbocycles. The largest absolute Gasteiger partial charge is 0.481 e. The van der Waals surface area contributed by atoms with Crippen LogP contribution in [0, 0.1) is 0 Å². The van der Waals surface area contributed by atoms with Crippen molar-refractivity contribution in [1.29, 1.82) is 0 Å². The summed E-state index contributed by atoms with van der Waals surface area (Å²) in [7, 11) is 0. The second-order valence-electron chi connectivity index (χ2n) is 2.03. The van der Waals surface area contributed by atoms with E-state index in [-0.39, 0.29) is 17.0 Å². The smallest absolute Gasteiger partial charge is 0.313 e. The number of aromatic nitrogens is 2. The summed E-state index contributed by atoms with van der Waals surface area (Å²) in [6.45, 7) is 1.58. The molecule has 5 heteroatoms. The lowest BCUT2D eigenvalue weighted by Gasteiger charge is -1.99. The van der Waals surface area contributed by atoms with Crippen molar-refractivity contribution < 1.29 is 9.90 Å². The van der Waals surface area contributed by atoms with Crippen LogP contribution in [0.15, 0.2) is 12.4 Å². The van der Waals surface area contributed by atoms with E-state index in [1.807, 2.05) is 0 Å². The van der Waals surface area contributed by atoms with E-state index in [0.717, 1.165) is 0 Å². The third-order valence-electron chi connectivity index (χ3n) is 1.30. The number of carboxylic acids is 1. The molecule has 1 aromatic rings. The molecular formula is C6H9BrN2O2. The molecule has 0 aromatic carbocycles. The van der Waals surface area contributed by atoms with Crippen LogP contribution in [0.25, 0.3) is 0 Å². The first kappa shape index (κ1) is 10.2. The number of nitrogens with one attached hydrogen (secondary N) is 1. The van der Waals surface area contributed by atoms with Gasteiger partial charge in [0.1, 0.15) is 11.7 Å². The lowest BCUT2D eigenvalue weighted by atomic mass is 10.2. The highest BCUT2D eigenvalue weighted by Crippen LogP contribution is 2.07. The van der Waals surface area contributed by atoms with Gasteiger partial charge in [-0.3, -0.25) is 4.79 Å². The number of imidazole rings is 1. The molecule has 62 valence electrons. The first-order chi connectivity index (χ1) is 4.72. The third-order valence-corrected chi connectivity index (χ3v) is 1.30. The maximum Gasteiger partial charge on any atom is 0.313 e. The summed E-state index contributed by atoms with van der Waals surface area (Å²) in [4.78, 5) is 16.9. The monoisotopic (exact) mass is 220 g/mol. The molecule has 0 spiro atoms. The topological polar surface area (TPSA) is 66.0 Å². The van der Waals surface area contributed by atoms with E-state index >= 15 is 0 Å². The summed E-state index contributed by atoms with van der Waals surface area (Å²) in [5, 5.41) is 8.49. The summed E-state index contributed by atoms with van der Waals surface area (Å²) in [5.74, 6) is -0.919. The highest BCUT2D eigenvalue weighted by molar-refractivity contribution is 8.93. The van der Waals surface area contributed by atoms with Crippen molar-refractivity contribution in [2.24, 2.45) is 0 Å². The van der Waals surface area contributed by atoms with E-state index in [4.69, 9.17) is 5.11 Å². The van der Waals surface area contributed by atoms with Crippen LogP contribution in [0.2, 0.25) is 0 Å². The Morgan fingerprint density at radius 1 is 1.82 bits per heavy atom. The maximum absolute atomic E-state index is 10.3. The molecule has 2 N–H and O–H groups in total. The van der Waals surface area contributed by atoms with Crippen LogP contribution in [0.5, 0.6) is 0 Å². The third kappa shape index (κ3) is 2.34. The van der Waals surface area contributed by atoms with Crippen molar-refractivity contribution >= 4 is 23.0 Å². The standard InChI is InChI=1S/C6H8N2O2.BrH/c1-4(6(9)10)5-7-2-3-8-5;/h2-4H,1H3,(H,7,8)(H,9,10);1H. The summed E-state index contributed by atoms with van der Waals surface area (Å²) in [5.41, 5.74) is 0. The molecular weight excluding hydrogens is 212 g/mol. The van der Waals surface area contributed by atoms with Crippen LogP contribution in [0.4, 0.5) is 0 Å². The predicted octanol–water partition coefficient (Wildman–Crippen LogP) is 1.18. The van der Waals surface area contributed by atoms with Crippen LogP contribution >= 0.6 is 17.0 Å². The SMILES string of the molecule is Br.CC(C(=O)O)c1ncc[nH]1.